The van der Waals surface area contributed by atoms with Gasteiger partial charge in [-0.1, -0.05) is 24.3 Å². The molecular weight excluding hydrogens is 544 g/mol. The molecule has 0 aliphatic carbocycles. The van der Waals surface area contributed by atoms with Gasteiger partial charge in [-0.15, -0.1) is 0 Å². The fourth-order valence-corrected chi connectivity index (χ4v) is 5.17. The van der Waals surface area contributed by atoms with Crippen LogP contribution in [0.25, 0.3) is 0 Å². The largest absolute Gasteiger partial charge is 0.508 e. The molecule has 2 aliphatic rings. The number of fused-ring (bicyclic) bond motifs is 2. The number of ether oxygens (including phenoxy) is 4. The first-order chi connectivity index (χ1) is 20.2. The highest BCUT2D eigenvalue weighted by atomic mass is 16.5. The van der Waals surface area contributed by atoms with E-state index in [1.807, 2.05) is 24.3 Å². The normalized spacial score (nSPS) is 17.0. The number of rotatable bonds is 4. The van der Waals surface area contributed by atoms with Crippen LogP contribution in [0.15, 0.2) is 72.8 Å². The summed E-state index contributed by atoms with van der Waals surface area (Å²) in [6.45, 7) is 0. The van der Waals surface area contributed by atoms with Crippen LogP contribution in [0.4, 0.5) is 0 Å². The number of methoxy groups -OCH3 is 2. The van der Waals surface area contributed by atoms with E-state index in [4.69, 9.17) is 18.9 Å². The Morgan fingerprint density at radius 2 is 0.952 bits per heavy atom. The number of esters is 2. The molecule has 0 spiro atoms. The standard InChI is InChI=1S/2C16H14O5/c2*1-20-11-4-2-9(3-5-11)12-8-15(19)21-14-7-10(17)6-13(18)16(12)14/h2*2-7,12,17-18H,8H2,1H3/t2*12-/m10/s1. The Morgan fingerprint density at radius 1 is 0.595 bits per heavy atom. The van der Waals surface area contributed by atoms with Crippen LogP contribution in [-0.2, 0) is 9.59 Å². The fourth-order valence-electron chi connectivity index (χ4n) is 5.17. The Bertz CT molecular complexity index is 1500. The molecule has 0 saturated heterocycles. The summed E-state index contributed by atoms with van der Waals surface area (Å²) in [5, 5.41) is 39.2. The maximum atomic E-state index is 11.7. The van der Waals surface area contributed by atoms with Crippen molar-refractivity contribution in [1.82, 2.24) is 0 Å². The van der Waals surface area contributed by atoms with Crippen molar-refractivity contribution in [2.45, 2.75) is 24.7 Å². The molecule has 4 N–H and O–H groups in total. The Labute approximate surface area is 240 Å². The fraction of sp³-hybridized carbons (Fsp3) is 0.188. The predicted molar refractivity (Wildman–Crippen MR) is 150 cm³/mol. The van der Waals surface area contributed by atoms with Gasteiger partial charge in [-0.05, 0) is 35.4 Å². The molecule has 4 aromatic carbocycles. The average molecular weight is 573 g/mol. The average Bonchev–Trinajstić information content (AvgIpc) is 2.96. The van der Waals surface area contributed by atoms with Crippen LogP contribution in [0.5, 0.6) is 46.0 Å². The number of carbonyl (C=O) groups is 2. The topological polar surface area (TPSA) is 152 Å². The van der Waals surface area contributed by atoms with E-state index in [1.165, 1.54) is 24.3 Å². The molecule has 0 unspecified atom stereocenters. The number of carbonyl (C=O) groups excluding carboxylic acids is 2. The highest BCUT2D eigenvalue weighted by molar-refractivity contribution is 5.80. The summed E-state index contributed by atoms with van der Waals surface area (Å²) in [5.74, 6) is -0.0450. The maximum absolute atomic E-state index is 11.7. The molecular formula is C32H28O10. The highest BCUT2D eigenvalue weighted by Gasteiger charge is 2.33. The minimum absolute atomic E-state index is 0.0849. The first-order valence-corrected chi connectivity index (χ1v) is 13.0. The summed E-state index contributed by atoms with van der Waals surface area (Å²) in [6, 6.07) is 19.7. The van der Waals surface area contributed by atoms with Gasteiger partial charge in [-0.2, -0.15) is 0 Å². The Morgan fingerprint density at radius 3 is 1.29 bits per heavy atom. The molecule has 2 heterocycles. The summed E-state index contributed by atoms with van der Waals surface area (Å²) in [7, 11) is 3.16. The van der Waals surface area contributed by atoms with Crippen molar-refractivity contribution < 1.29 is 49.0 Å². The smallest absolute Gasteiger partial charge is 0.312 e. The van der Waals surface area contributed by atoms with Crippen LogP contribution in [-0.4, -0.2) is 46.6 Å². The molecule has 216 valence electrons. The molecule has 0 amide bonds. The highest BCUT2D eigenvalue weighted by Crippen LogP contribution is 2.47. The van der Waals surface area contributed by atoms with Gasteiger partial charge in [0.25, 0.3) is 0 Å². The second-order valence-electron chi connectivity index (χ2n) is 9.76. The molecule has 42 heavy (non-hydrogen) atoms. The van der Waals surface area contributed by atoms with Crippen molar-refractivity contribution in [2.24, 2.45) is 0 Å². The third kappa shape index (κ3) is 5.73. The van der Waals surface area contributed by atoms with Gasteiger partial charge in [-0.3, -0.25) is 9.59 Å². The summed E-state index contributed by atoms with van der Waals surface area (Å²) < 4.78 is 20.4. The van der Waals surface area contributed by atoms with Gasteiger partial charge in [0.05, 0.1) is 27.1 Å². The van der Waals surface area contributed by atoms with E-state index < -0.39 is 11.9 Å². The van der Waals surface area contributed by atoms with Gasteiger partial charge >= 0.3 is 11.9 Å². The van der Waals surface area contributed by atoms with E-state index >= 15 is 0 Å². The van der Waals surface area contributed by atoms with Crippen LogP contribution in [0.3, 0.4) is 0 Å². The molecule has 6 rings (SSSR count). The number of benzene rings is 4. The van der Waals surface area contributed by atoms with E-state index in [0.29, 0.717) is 22.6 Å². The third-order valence-corrected chi connectivity index (χ3v) is 7.13. The minimum atomic E-state index is -0.395. The number of hydrogen-bond donors (Lipinski definition) is 4. The summed E-state index contributed by atoms with van der Waals surface area (Å²) in [6.07, 6.45) is 0.273. The van der Waals surface area contributed by atoms with E-state index in [2.05, 4.69) is 0 Å². The molecule has 0 aromatic heterocycles. The van der Waals surface area contributed by atoms with Crippen molar-refractivity contribution in [1.29, 1.82) is 0 Å². The van der Waals surface area contributed by atoms with Gasteiger partial charge in [0.2, 0.25) is 0 Å². The van der Waals surface area contributed by atoms with Gasteiger partial charge in [0.15, 0.2) is 0 Å². The Kier molecular flexibility index (Phi) is 7.79. The maximum Gasteiger partial charge on any atom is 0.312 e. The molecule has 0 radical (unpaired) electrons. The van der Waals surface area contributed by atoms with Crippen molar-refractivity contribution >= 4 is 11.9 Å². The van der Waals surface area contributed by atoms with Crippen LogP contribution < -0.4 is 18.9 Å². The zero-order valence-electron chi connectivity index (χ0n) is 22.7. The van der Waals surface area contributed by atoms with E-state index in [-0.39, 0.29) is 59.2 Å². The molecule has 10 heteroatoms. The molecule has 10 nitrogen and oxygen atoms in total. The van der Waals surface area contributed by atoms with Gasteiger partial charge in [0, 0.05) is 47.2 Å². The van der Waals surface area contributed by atoms with E-state index in [9.17, 15) is 30.0 Å². The van der Waals surface area contributed by atoms with Crippen molar-refractivity contribution in [3.05, 3.63) is 95.1 Å². The van der Waals surface area contributed by atoms with E-state index in [0.717, 1.165) is 11.1 Å². The number of phenols is 4. The summed E-state index contributed by atoms with van der Waals surface area (Å²) >= 11 is 0. The lowest BCUT2D eigenvalue weighted by molar-refractivity contribution is -0.136. The molecule has 0 fully saturated rings. The lowest BCUT2D eigenvalue weighted by Crippen LogP contribution is -2.21. The summed E-state index contributed by atoms with van der Waals surface area (Å²) in [4.78, 5) is 23.5. The van der Waals surface area contributed by atoms with Gasteiger partial charge in [-0.25, -0.2) is 0 Å². The molecule has 4 aromatic rings. The van der Waals surface area contributed by atoms with Crippen molar-refractivity contribution in [3.8, 4) is 46.0 Å². The first-order valence-electron chi connectivity index (χ1n) is 13.0. The molecule has 0 saturated carbocycles. The van der Waals surface area contributed by atoms with Gasteiger partial charge < -0.3 is 39.4 Å². The molecule has 0 bridgehead atoms. The zero-order valence-corrected chi connectivity index (χ0v) is 22.7. The number of aromatic hydroxyl groups is 4. The minimum Gasteiger partial charge on any atom is -0.508 e. The number of hydrogen-bond acceptors (Lipinski definition) is 10. The second kappa shape index (κ2) is 11.6. The van der Waals surface area contributed by atoms with Crippen LogP contribution in [0.1, 0.15) is 46.9 Å². The van der Waals surface area contributed by atoms with Crippen LogP contribution in [0.2, 0.25) is 0 Å². The molecule has 2 atom stereocenters. The lowest BCUT2D eigenvalue weighted by Gasteiger charge is -2.25. The van der Waals surface area contributed by atoms with E-state index in [1.54, 1.807) is 38.5 Å². The molecule has 2 aliphatic heterocycles. The number of phenolic OH excluding ortho intramolecular Hbond substituents is 4. The Balaban J connectivity index is 0.000000168. The Hall–Kier alpha value is -5.38. The van der Waals surface area contributed by atoms with Crippen LogP contribution >= 0.6 is 0 Å². The predicted octanol–water partition coefficient (Wildman–Crippen LogP) is 5.09. The summed E-state index contributed by atoms with van der Waals surface area (Å²) in [5.41, 5.74) is 2.76. The quantitative estimate of drug-likeness (QED) is 0.192. The SMILES string of the molecule is COc1ccc([C@@H]2CC(=O)Oc3cc(O)cc(O)c32)cc1.COc1ccc([C@H]2CC(=O)Oc3cc(O)cc(O)c32)cc1. The van der Waals surface area contributed by atoms with Gasteiger partial charge in [0.1, 0.15) is 46.0 Å². The second-order valence-corrected chi connectivity index (χ2v) is 9.76. The third-order valence-electron chi connectivity index (χ3n) is 7.13. The first kappa shape index (κ1) is 28.2. The zero-order chi connectivity index (χ0) is 30.0. The van der Waals surface area contributed by atoms with Crippen molar-refractivity contribution in [3.63, 3.8) is 0 Å². The monoisotopic (exact) mass is 572 g/mol. The van der Waals surface area contributed by atoms with Crippen LogP contribution in [0, 0.1) is 0 Å². The lowest BCUT2D eigenvalue weighted by atomic mass is 9.85. The van der Waals surface area contributed by atoms with Crippen molar-refractivity contribution in [2.75, 3.05) is 14.2 Å².